The van der Waals surface area contributed by atoms with E-state index < -0.39 is 201 Å². The fourth-order valence-electron chi connectivity index (χ4n) is 10.4. The molecule has 0 radical (unpaired) electrons. The average Bonchev–Trinajstić information content (AvgIpc) is 0.942. The zero-order valence-corrected chi connectivity index (χ0v) is 53.5. The Morgan fingerprint density at radius 2 is 1.12 bits per heavy atom. The zero-order chi connectivity index (χ0) is 70.2. The minimum atomic E-state index is -1.80. The summed E-state index contributed by atoms with van der Waals surface area (Å²) in [7, 11) is 0. The van der Waals surface area contributed by atoms with E-state index in [9.17, 15) is 92.3 Å². The molecule has 12 N–H and O–H groups in total. The lowest BCUT2D eigenvalue weighted by molar-refractivity contribution is -0.143. The number of carboxylic acid groups (broad SMARTS) is 4. The van der Waals surface area contributed by atoms with Crippen LogP contribution >= 0.6 is 11.8 Å². The van der Waals surface area contributed by atoms with Crippen molar-refractivity contribution in [1.29, 1.82) is 0 Å². The van der Waals surface area contributed by atoms with Crippen molar-refractivity contribution >= 4 is 100 Å². The maximum atomic E-state index is 14.7. The quantitative estimate of drug-likeness (QED) is 0.0944. The maximum absolute atomic E-state index is 14.7. The van der Waals surface area contributed by atoms with Gasteiger partial charge in [0.15, 0.2) is 23.4 Å². The Balaban J connectivity index is 1.41. The topological polar surface area (TPSA) is 452 Å². The molecule has 0 fully saturated rings. The van der Waals surface area contributed by atoms with Gasteiger partial charge < -0.3 is 72.4 Å². The average molecular weight is 1350 g/mol. The van der Waals surface area contributed by atoms with Crippen LogP contribution in [-0.2, 0) is 104 Å². The van der Waals surface area contributed by atoms with E-state index in [0.717, 1.165) is 18.7 Å². The van der Waals surface area contributed by atoms with Crippen LogP contribution in [0.15, 0.2) is 97.1 Å². The molecule has 9 atom stereocenters. The molecule has 0 aliphatic carbocycles. The first-order chi connectivity index (χ1) is 45.6. The van der Waals surface area contributed by atoms with Gasteiger partial charge in [0, 0.05) is 62.4 Å². The van der Waals surface area contributed by atoms with Crippen molar-refractivity contribution in [3.63, 3.8) is 0 Å². The van der Waals surface area contributed by atoms with Crippen LogP contribution in [0.3, 0.4) is 0 Å². The Hall–Kier alpha value is -10.5. The second kappa shape index (κ2) is 36.2. The third-order valence-electron chi connectivity index (χ3n) is 15.4. The van der Waals surface area contributed by atoms with Crippen molar-refractivity contribution in [2.45, 2.75) is 134 Å². The molecule has 8 amide bonds. The summed E-state index contributed by atoms with van der Waals surface area (Å²) in [5.74, 6) is -19.8. The van der Waals surface area contributed by atoms with Crippen LogP contribution in [0.1, 0.15) is 105 Å². The number of amides is 8. The number of ketones is 3. The molecular formula is C66H76N8O21S. The number of fused-ring (bicyclic) bond motifs is 35. The second-order valence-electron chi connectivity index (χ2n) is 23.3. The minimum absolute atomic E-state index is 0.0424. The molecule has 0 unspecified atom stereocenters. The van der Waals surface area contributed by atoms with Crippen LogP contribution < -0.4 is 52.0 Å². The molecule has 4 aromatic carbocycles. The molecule has 4 aromatic rings. The van der Waals surface area contributed by atoms with E-state index in [1.165, 1.54) is 38.1 Å². The van der Waals surface area contributed by atoms with Gasteiger partial charge >= 0.3 is 23.9 Å². The van der Waals surface area contributed by atoms with Crippen molar-refractivity contribution in [3.8, 4) is 11.5 Å². The predicted molar refractivity (Wildman–Crippen MR) is 340 cm³/mol. The molecule has 96 heavy (non-hydrogen) atoms. The maximum Gasteiger partial charge on any atom is 0.330 e. The van der Waals surface area contributed by atoms with Crippen LogP contribution in [-0.4, -0.2) is 158 Å². The van der Waals surface area contributed by atoms with Crippen molar-refractivity contribution in [2.24, 2.45) is 17.8 Å². The number of carbonyl (C=O) groups is 15. The van der Waals surface area contributed by atoms with Crippen LogP contribution in [0.2, 0.25) is 0 Å². The second-order valence-corrected chi connectivity index (χ2v) is 24.3. The van der Waals surface area contributed by atoms with Gasteiger partial charge in [-0.15, -0.1) is 0 Å². The molecule has 8 rings (SSSR count). The number of hydrogen-bond donors (Lipinski definition) is 12. The van der Waals surface area contributed by atoms with Gasteiger partial charge in [-0.25, -0.2) is 4.79 Å². The van der Waals surface area contributed by atoms with Crippen LogP contribution in [0, 0.1) is 17.8 Å². The smallest absolute Gasteiger partial charge is 0.330 e. The number of ether oxygens (including phenoxy) is 2. The first-order valence-electron chi connectivity index (χ1n) is 30.6. The molecule has 8 bridgehead atoms. The number of hydrogen-bond acceptors (Lipinski definition) is 18. The first kappa shape index (κ1) is 74.5. The van der Waals surface area contributed by atoms with Crippen LogP contribution in [0.5, 0.6) is 11.5 Å². The molecule has 0 spiro atoms. The Morgan fingerprint density at radius 3 is 1.73 bits per heavy atom. The summed E-state index contributed by atoms with van der Waals surface area (Å²) < 4.78 is 12.4. The molecule has 4 aliphatic rings. The Bertz CT molecular complexity index is 3550. The van der Waals surface area contributed by atoms with E-state index in [-0.39, 0.29) is 48.9 Å². The van der Waals surface area contributed by atoms with Gasteiger partial charge in [0.25, 0.3) is 0 Å². The molecular weight excluding hydrogens is 1270 g/mol. The van der Waals surface area contributed by atoms with E-state index >= 15 is 0 Å². The number of benzene rings is 4. The highest BCUT2D eigenvalue weighted by Crippen LogP contribution is 2.26. The highest BCUT2D eigenvalue weighted by atomic mass is 32.2. The van der Waals surface area contributed by atoms with Crippen LogP contribution in [0.25, 0.3) is 0 Å². The monoisotopic (exact) mass is 1350 g/mol. The van der Waals surface area contributed by atoms with E-state index in [2.05, 4.69) is 42.5 Å². The number of nitrogens with one attached hydrogen (secondary N) is 8. The minimum Gasteiger partial charge on any atom is -0.489 e. The molecule has 0 saturated carbocycles. The van der Waals surface area contributed by atoms with Crippen molar-refractivity contribution < 1.29 is 102 Å². The number of rotatable bonds is 11. The number of thioether (sulfide) groups is 1. The third kappa shape index (κ3) is 24.4. The molecule has 0 aromatic heterocycles. The van der Waals surface area contributed by atoms with Gasteiger partial charge in [0.2, 0.25) is 47.3 Å². The summed E-state index contributed by atoms with van der Waals surface area (Å²) in [6.45, 7) is 1.88. The molecule has 512 valence electrons. The summed E-state index contributed by atoms with van der Waals surface area (Å²) in [6.07, 6.45) is -5.43. The lowest BCUT2D eigenvalue weighted by Gasteiger charge is -2.24. The summed E-state index contributed by atoms with van der Waals surface area (Å²) in [4.78, 5) is 200. The molecule has 4 heterocycles. The molecule has 0 saturated heterocycles. The van der Waals surface area contributed by atoms with Gasteiger partial charge in [0.1, 0.15) is 42.8 Å². The largest absolute Gasteiger partial charge is 0.489 e. The van der Waals surface area contributed by atoms with Crippen molar-refractivity contribution in [1.82, 2.24) is 42.5 Å². The number of carboxylic acids is 4. The highest BCUT2D eigenvalue weighted by Gasteiger charge is 2.36. The lowest BCUT2D eigenvalue weighted by Crippen LogP contribution is -2.57. The number of aliphatic carboxylic acids is 4. The van der Waals surface area contributed by atoms with Crippen LogP contribution in [0.4, 0.5) is 0 Å². The summed E-state index contributed by atoms with van der Waals surface area (Å²) in [5.41, 5.74) is 2.93. The van der Waals surface area contributed by atoms with Gasteiger partial charge in [-0.05, 0) is 90.4 Å². The van der Waals surface area contributed by atoms with Crippen molar-refractivity contribution in [2.75, 3.05) is 18.8 Å². The number of Topliss-reactive ketones (excluding diaryl/α,β-unsaturated/α-hetero) is 3. The van der Waals surface area contributed by atoms with E-state index in [0.29, 0.717) is 33.6 Å². The highest BCUT2D eigenvalue weighted by molar-refractivity contribution is 7.98. The van der Waals surface area contributed by atoms with E-state index in [1.807, 2.05) is 0 Å². The fraction of sp³-hybridized carbons (Fsp3) is 0.409. The van der Waals surface area contributed by atoms with Gasteiger partial charge in [-0.3, -0.25) is 67.1 Å². The van der Waals surface area contributed by atoms with E-state index in [4.69, 9.17) is 9.47 Å². The number of carbonyl (C=O) groups excluding carboxylic acids is 11. The molecule has 4 aliphatic heterocycles. The van der Waals surface area contributed by atoms with E-state index in [1.54, 1.807) is 72.8 Å². The fourth-order valence-corrected chi connectivity index (χ4v) is 11.4. The third-order valence-corrected chi connectivity index (χ3v) is 16.5. The Kier molecular flexibility index (Phi) is 28.1. The Labute approximate surface area is 554 Å². The summed E-state index contributed by atoms with van der Waals surface area (Å²) in [6, 6.07) is 16.6. The standard InChI is InChI=1S/C66H76N8O21S/c1-35-53(77)25-45(22-38-7-5-4-6-8-38)61(87)68-30-55(79)74-59(66(92)93)43-11-16-49(17-12-43)95-32-41-19-40-20-42(21-41)33-96-34-52(54(78)26-46(27-57(82)83)63(89)69-35)73-62(88)44(13-18-56(80)81)24-47(76)29-67-60(86)36(2)70-64(90)51(28-58(84)85)72-65(91)50(71-37(3)75)23-39-9-14-48(15-10-39)94-31-40/h4-12,14-17,19-21,35-36,44-46,50-52,59H,13,18,22-34H2,1-3H3,(H,67,86)(H,68,87)(H,69,89)(H,70,90)(H,71,75)(H,72,91)(H,73,88)(H,74,79)(H,80,81)(H,82,83)(H,84,85)(H,92,93)/t35-,36-,44+,45+,46-,50-,51-,52-,59-/m0/s1. The van der Waals surface area contributed by atoms with Crippen molar-refractivity contribution in [3.05, 3.63) is 130 Å². The SMILES string of the molecule is CC(=O)N[C@H]1Cc2ccc(cc2)OCc2cc3cc(c2)CSC[C@H](NC(=O)[C@H](CCC(=O)O)CC(=O)CNC(=O)[C@H](C)NC(=O)[C@H](CC(=O)O)NC1=O)C(=O)C[C@@H](CC(=O)O)C(=O)N[C@@H](C)C(=O)C[C@@H](Cc1ccccc1)C(=O)NCC(=O)N[C@H](C(=O)O)c1ccc(cc1)OC3. The Morgan fingerprint density at radius 1 is 0.542 bits per heavy atom. The molecule has 30 heteroatoms. The first-order valence-corrected chi connectivity index (χ1v) is 31.7. The van der Waals surface area contributed by atoms with Gasteiger partial charge in [-0.1, -0.05) is 66.7 Å². The molecule has 29 nitrogen and oxygen atoms in total. The zero-order valence-electron chi connectivity index (χ0n) is 52.7. The summed E-state index contributed by atoms with van der Waals surface area (Å²) >= 11 is 1.09. The van der Waals surface area contributed by atoms with Gasteiger partial charge in [-0.2, -0.15) is 11.8 Å². The van der Waals surface area contributed by atoms with Gasteiger partial charge in [0.05, 0.1) is 43.9 Å². The lowest BCUT2D eigenvalue weighted by atomic mass is 9.90. The predicted octanol–water partition coefficient (Wildman–Crippen LogP) is 1.39. The normalized spacial score (nSPS) is 23.1. The summed E-state index contributed by atoms with van der Waals surface area (Å²) in [5, 5.41) is 59.0.